The molecule has 11 heteroatoms. The molecule has 4 rings (SSSR count). The Morgan fingerprint density at radius 1 is 1.23 bits per heavy atom. The number of hydrogen-bond acceptors (Lipinski definition) is 6. The van der Waals surface area contributed by atoms with E-state index in [1.165, 1.54) is 19.4 Å². The number of hydrogen-bond donors (Lipinski definition) is 3. The van der Waals surface area contributed by atoms with Crippen LogP contribution in [0.5, 0.6) is 0 Å². The van der Waals surface area contributed by atoms with Crippen LogP contribution in [0.4, 0.5) is 4.39 Å². The van der Waals surface area contributed by atoms with Crippen molar-refractivity contribution in [1.29, 1.82) is 0 Å². The van der Waals surface area contributed by atoms with Gasteiger partial charge in [0.2, 0.25) is 12.3 Å². The van der Waals surface area contributed by atoms with Crippen LogP contribution in [0.1, 0.15) is 49.9 Å². The fourth-order valence-corrected chi connectivity index (χ4v) is 3.94. The summed E-state index contributed by atoms with van der Waals surface area (Å²) >= 11 is 5.55. The molecule has 2 aromatic carbocycles. The van der Waals surface area contributed by atoms with Crippen LogP contribution >= 0.6 is 11.6 Å². The van der Waals surface area contributed by atoms with E-state index in [0.717, 1.165) is 41.3 Å². The fourth-order valence-electron chi connectivity index (χ4n) is 3.74. The Hall–Kier alpha value is -3.63. The predicted octanol–water partition coefficient (Wildman–Crippen LogP) is 3.65. The van der Waals surface area contributed by atoms with E-state index < -0.39 is 0 Å². The zero-order chi connectivity index (χ0) is 29.4. The summed E-state index contributed by atoms with van der Waals surface area (Å²) in [5, 5.41) is 11.5. The van der Waals surface area contributed by atoms with Crippen molar-refractivity contribution in [2.24, 2.45) is 5.73 Å². The molecule has 1 aliphatic rings. The van der Waals surface area contributed by atoms with Crippen LogP contribution < -0.4 is 16.4 Å². The highest BCUT2D eigenvalue weighted by Gasteiger charge is 2.20. The number of primary amides is 1. The minimum absolute atomic E-state index is 0.0157. The number of amides is 2. The number of aryl methyl sites for hydroxylation is 1. The minimum atomic E-state index is -0.330. The van der Waals surface area contributed by atoms with E-state index in [4.69, 9.17) is 21.2 Å². The number of ketones is 1. The Kier molecular flexibility index (Phi) is 15.2. The average molecular weight is 562 g/mol. The molecule has 0 aliphatic heterocycles. The molecular formula is C28H37ClFN5O4. The van der Waals surface area contributed by atoms with Gasteiger partial charge in [0.15, 0.2) is 0 Å². The van der Waals surface area contributed by atoms with Crippen LogP contribution in [0, 0.1) is 12.7 Å². The van der Waals surface area contributed by atoms with Crippen molar-refractivity contribution in [3.05, 3.63) is 64.1 Å². The summed E-state index contributed by atoms with van der Waals surface area (Å²) in [5.41, 5.74) is 7.58. The van der Waals surface area contributed by atoms with Crippen molar-refractivity contribution in [3.63, 3.8) is 0 Å². The van der Waals surface area contributed by atoms with Gasteiger partial charge in [0.05, 0.1) is 16.2 Å². The number of rotatable bonds is 7. The fraction of sp³-hybridized carbons (Fsp3) is 0.393. The Bertz CT molecular complexity index is 1240. The maximum Gasteiger partial charge on any atom is 0.241 e. The van der Waals surface area contributed by atoms with E-state index in [-0.39, 0.29) is 35.5 Å². The molecule has 212 valence electrons. The van der Waals surface area contributed by atoms with E-state index in [9.17, 15) is 14.0 Å². The molecule has 1 heterocycles. The van der Waals surface area contributed by atoms with Crippen molar-refractivity contribution in [2.75, 3.05) is 7.05 Å². The first-order chi connectivity index (χ1) is 18.6. The molecule has 39 heavy (non-hydrogen) atoms. The van der Waals surface area contributed by atoms with Gasteiger partial charge in [-0.15, -0.1) is 0 Å². The van der Waals surface area contributed by atoms with Gasteiger partial charge in [-0.2, -0.15) is 5.10 Å². The zero-order valence-corrected chi connectivity index (χ0v) is 23.6. The second-order valence-electron chi connectivity index (χ2n) is 8.78. The molecule has 0 saturated heterocycles. The van der Waals surface area contributed by atoms with Gasteiger partial charge in [-0.05, 0) is 70.8 Å². The number of nitrogens with one attached hydrogen (secondary N) is 2. The molecule has 3 aromatic rings. The molecule has 1 aliphatic carbocycles. The third kappa shape index (κ3) is 11.3. The molecule has 4 N–H and O–H groups in total. The van der Waals surface area contributed by atoms with Crippen molar-refractivity contribution in [2.45, 2.75) is 65.6 Å². The van der Waals surface area contributed by atoms with E-state index in [2.05, 4.69) is 21.5 Å². The van der Waals surface area contributed by atoms with Gasteiger partial charge in [-0.3, -0.25) is 19.1 Å². The smallest absolute Gasteiger partial charge is 0.241 e. The van der Waals surface area contributed by atoms with Gasteiger partial charge in [0.25, 0.3) is 0 Å². The van der Waals surface area contributed by atoms with Crippen LogP contribution in [0.3, 0.4) is 0 Å². The first-order valence-corrected chi connectivity index (χ1v) is 12.9. The summed E-state index contributed by atoms with van der Waals surface area (Å²) in [7, 11) is 1.76. The van der Waals surface area contributed by atoms with Crippen molar-refractivity contribution in [3.8, 4) is 0 Å². The molecular weight excluding hydrogens is 525 g/mol. The van der Waals surface area contributed by atoms with Gasteiger partial charge in [-0.1, -0.05) is 29.8 Å². The second-order valence-corrected chi connectivity index (χ2v) is 9.19. The third-order valence-corrected chi connectivity index (χ3v) is 5.91. The lowest BCUT2D eigenvalue weighted by molar-refractivity contribution is -0.123. The topological polar surface area (TPSA) is 136 Å². The molecule has 1 aromatic heterocycles. The van der Waals surface area contributed by atoms with Crippen molar-refractivity contribution < 1.29 is 23.6 Å². The minimum Gasteiger partial charge on any atom is -0.372 e. The average Bonchev–Trinajstić information content (AvgIpc) is 3.15. The first kappa shape index (κ1) is 33.4. The maximum atomic E-state index is 13.0. The second kappa shape index (κ2) is 17.8. The highest BCUT2D eigenvalue weighted by molar-refractivity contribution is 6.30. The van der Waals surface area contributed by atoms with Gasteiger partial charge in [-0.25, -0.2) is 4.39 Å². The number of fused-ring (bicyclic) bond motifs is 1. The van der Waals surface area contributed by atoms with Crippen LogP contribution in [0.25, 0.3) is 10.9 Å². The number of carbonyl (C=O) groups is 4. The first-order valence-electron chi connectivity index (χ1n) is 12.5. The lowest BCUT2D eigenvalue weighted by atomic mass is 9.93. The zero-order valence-electron chi connectivity index (χ0n) is 22.8. The molecule has 0 unspecified atom stereocenters. The van der Waals surface area contributed by atoms with Gasteiger partial charge in [0, 0.05) is 30.0 Å². The lowest BCUT2D eigenvalue weighted by Crippen LogP contribution is -2.41. The molecule has 0 spiro atoms. The number of nitrogens with two attached hydrogens (primary N) is 1. The number of benzene rings is 2. The Labute approximate surface area is 233 Å². The number of aromatic nitrogens is 2. The van der Waals surface area contributed by atoms with Crippen molar-refractivity contribution in [1.82, 2.24) is 20.4 Å². The SMILES string of the molecule is CC(=O)Cc1ccc2c(c1)c(C)nn2CC(=O)NC1CCC1.CC=O.CNCc1cccc(Cl)c1F.NC=O. The molecule has 9 nitrogen and oxygen atoms in total. The highest BCUT2D eigenvalue weighted by atomic mass is 35.5. The Balaban J connectivity index is 0.000000374. The highest BCUT2D eigenvalue weighted by Crippen LogP contribution is 2.21. The van der Waals surface area contributed by atoms with Crippen LogP contribution in [-0.2, 0) is 38.7 Å². The number of aldehydes is 1. The maximum absolute atomic E-state index is 13.0. The molecule has 1 saturated carbocycles. The van der Waals surface area contributed by atoms with Gasteiger partial charge in [0.1, 0.15) is 24.4 Å². The summed E-state index contributed by atoms with van der Waals surface area (Å²) in [5.74, 6) is -0.172. The number of nitrogens with zero attached hydrogens (tertiary/aromatic N) is 2. The van der Waals surface area contributed by atoms with Crippen LogP contribution in [0.2, 0.25) is 5.02 Å². The lowest BCUT2D eigenvalue weighted by Gasteiger charge is -2.26. The summed E-state index contributed by atoms with van der Waals surface area (Å²) in [6.07, 6.45) is 4.80. The molecule has 1 fully saturated rings. The molecule has 2 amide bonds. The molecule has 0 atom stereocenters. The molecule has 0 radical (unpaired) electrons. The summed E-state index contributed by atoms with van der Waals surface area (Å²) < 4.78 is 14.8. The number of carbonyl (C=O) groups excluding carboxylic acids is 4. The number of halogens is 2. The quantitative estimate of drug-likeness (QED) is 0.377. The third-order valence-electron chi connectivity index (χ3n) is 5.62. The van der Waals surface area contributed by atoms with E-state index in [1.54, 1.807) is 30.8 Å². The van der Waals surface area contributed by atoms with E-state index in [0.29, 0.717) is 24.6 Å². The summed E-state index contributed by atoms with van der Waals surface area (Å²) in [4.78, 5) is 40.7. The standard InChI is InChI=1S/C17H21N3O2.C8H9ClFN.C2H4O.CH3NO/c1-11(21)8-13-6-7-16-15(9-13)12(2)19-20(16)10-17(22)18-14-4-3-5-14;1-11-5-6-3-2-4-7(9)8(6)10;1-2-3;2-1-3/h6-7,9,14H,3-5,8,10H2,1-2H3,(H,18,22);2-4,11H,5H2,1H3;2H,1H3;1H,(H2,2,3). The van der Waals surface area contributed by atoms with E-state index in [1.807, 2.05) is 25.1 Å². The summed E-state index contributed by atoms with van der Waals surface area (Å²) in [6.45, 7) is 5.71. The van der Waals surface area contributed by atoms with E-state index >= 15 is 0 Å². The Morgan fingerprint density at radius 3 is 2.41 bits per heavy atom. The predicted molar refractivity (Wildman–Crippen MR) is 151 cm³/mol. The monoisotopic (exact) mass is 561 g/mol. The van der Waals surface area contributed by atoms with Gasteiger partial charge < -0.3 is 21.2 Å². The van der Waals surface area contributed by atoms with Crippen LogP contribution in [-0.4, -0.2) is 47.3 Å². The summed E-state index contributed by atoms with van der Waals surface area (Å²) in [6, 6.07) is 11.2. The number of Topliss-reactive ketones (excluding diaryl/α,β-unsaturated/α-hetero) is 1. The Morgan fingerprint density at radius 2 is 1.87 bits per heavy atom. The molecule has 0 bridgehead atoms. The van der Waals surface area contributed by atoms with Crippen molar-refractivity contribution >= 4 is 46.9 Å². The van der Waals surface area contributed by atoms with Gasteiger partial charge >= 0.3 is 0 Å². The van der Waals surface area contributed by atoms with Crippen LogP contribution in [0.15, 0.2) is 36.4 Å². The normalized spacial score (nSPS) is 11.8. The largest absolute Gasteiger partial charge is 0.372 e.